The number of likely N-dealkylation sites (tertiary alicyclic amines) is 1. The SMILES string of the molecule is Cn1c(-c2cn(-c3ccc([N+](=O)[O-])cn3)nc2C(F)(F)F)cnc1C(=O)Nc1ccc(C(=O)N2CCN(C(=O)[C@@H]3CC(O)CCN3C(=O)OC(C)(C)C)CC2)c(Cl)c1. The van der Waals surface area contributed by atoms with E-state index in [0.29, 0.717) is 6.42 Å². The molecule has 2 saturated heterocycles. The van der Waals surface area contributed by atoms with Gasteiger partial charge in [0.1, 0.15) is 17.8 Å². The standard InChI is InChI=1S/C36H38ClF3N10O8/c1-35(2,3)58-34(55)48-10-9-22(51)16-26(48)33(54)47-13-11-46(12-14-47)32(53)23-7-5-20(15-25(23)37)43-31(52)30-42-18-27(45(30)4)24-19-49(44-29(24)36(38,39)40)28-8-6-21(17-41-28)50(56)57/h5-8,15,17-19,22,26,51H,9-14,16H2,1-4H3,(H,43,52)/t22?,26-/m0/s1. The lowest BCUT2D eigenvalue weighted by Gasteiger charge is -2.42. The van der Waals surface area contributed by atoms with Crippen molar-refractivity contribution in [2.24, 2.45) is 7.05 Å². The monoisotopic (exact) mass is 830 g/mol. The average Bonchev–Trinajstić information content (AvgIpc) is 3.78. The van der Waals surface area contributed by atoms with E-state index < -0.39 is 58.0 Å². The van der Waals surface area contributed by atoms with Crippen molar-refractivity contribution in [1.82, 2.24) is 39.0 Å². The van der Waals surface area contributed by atoms with Crippen molar-refractivity contribution in [2.75, 3.05) is 38.0 Å². The number of hydrogen-bond acceptors (Lipinski definition) is 11. The third-order valence-corrected chi connectivity index (χ3v) is 9.76. The number of nitro groups is 1. The Bertz CT molecular complexity index is 2250. The smallest absolute Gasteiger partial charge is 0.435 e. The molecule has 5 heterocycles. The highest BCUT2D eigenvalue weighted by Gasteiger charge is 2.41. The molecule has 4 aromatic rings. The molecule has 308 valence electrons. The van der Waals surface area contributed by atoms with E-state index in [0.717, 1.165) is 40.0 Å². The highest BCUT2D eigenvalue weighted by Crippen LogP contribution is 2.37. The zero-order chi connectivity index (χ0) is 42.3. The van der Waals surface area contributed by atoms with Gasteiger partial charge in [0.25, 0.3) is 17.5 Å². The number of aliphatic hydroxyl groups excluding tert-OH is 1. The van der Waals surface area contributed by atoms with Crippen molar-refractivity contribution < 1.29 is 47.1 Å². The Kier molecular flexibility index (Phi) is 11.5. The van der Waals surface area contributed by atoms with Crippen molar-refractivity contribution in [3.8, 4) is 17.1 Å². The van der Waals surface area contributed by atoms with E-state index in [1.807, 2.05) is 0 Å². The molecule has 1 unspecified atom stereocenters. The van der Waals surface area contributed by atoms with E-state index in [2.05, 4.69) is 20.4 Å². The van der Waals surface area contributed by atoms with Gasteiger partial charge in [0.2, 0.25) is 5.91 Å². The van der Waals surface area contributed by atoms with E-state index in [1.54, 1.807) is 25.7 Å². The van der Waals surface area contributed by atoms with Crippen LogP contribution in [0, 0.1) is 10.1 Å². The summed E-state index contributed by atoms with van der Waals surface area (Å²) in [5, 5.41) is 27.5. The molecule has 0 saturated carbocycles. The number of rotatable bonds is 7. The quantitative estimate of drug-likeness (QED) is 0.195. The molecule has 2 aliphatic heterocycles. The molecule has 0 bridgehead atoms. The minimum Gasteiger partial charge on any atom is -0.444 e. The van der Waals surface area contributed by atoms with Gasteiger partial charge in [-0.05, 0) is 51.5 Å². The summed E-state index contributed by atoms with van der Waals surface area (Å²) < 4.78 is 49.7. The summed E-state index contributed by atoms with van der Waals surface area (Å²) >= 11 is 6.50. The first kappa shape index (κ1) is 41.5. The average molecular weight is 831 g/mol. The van der Waals surface area contributed by atoms with Crippen molar-refractivity contribution in [1.29, 1.82) is 0 Å². The van der Waals surface area contributed by atoms with Crippen LogP contribution in [-0.2, 0) is 22.8 Å². The maximum Gasteiger partial charge on any atom is 0.435 e. The summed E-state index contributed by atoms with van der Waals surface area (Å²) in [5.74, 6) is -1.99. The van der Waals surface area contributed by atoms with Gasteiger partial charge in [-0.2, -0.15) is 18.3 Å². The van der Waals surface area contributed by atoms with Gasteiger partial charge in [-0.25, -0.2) is 19.4 Å². The topological polar surface area (TPSA) is 211 Å². The maximum atomic E-state index is 14.1. The molecule has 2 aliphatic rings. The molecule has 2 fully saturated rings. The number of imidazole rings is 1. The third kappa shape index (κ3) is 8.89. The fraction of sp³-hybridized carbons (Fsp3) is 0.417. The Labute approximate surface area is 333 Å². The number of piperidine rings is 1. The molecule has 4 amide bonds. The summed E-state index contributed by atoms with van der Waals surface area (Å²) in [4.78, 5) is 75.8. The first-order valence-electron chi connectivity index (χ1n) is 17.9. The summed E-state index contributed by atoms with van der Waals surface area (Å²) in [6, 6.07) is 5.44. The van der Waals surface area contributed by atoms with E-state index in [-0.39, 0.29) is 84.3 Å². The van der Waals surface area contributed by atoms with Crippen LogP contribution in [0.5, 0.6) is 0 Å². The van der Waals surface area contributed by atoms with Gasteiger partial charge >= 0.3 is 12.3 Å². The van der Waals surface area contributed by atoms with Gasteiger partial charge in [-0.15, -0.1) is 0 Å². The minimum atomic E-state index is -4.93. The zero-order valence-electron chi connectivity index (χ0n) is 31.6. The summed E-state index contributed by atoms with van der Waals surface area (Å²) in [5.41, 5.74) is -2.74. The van der Waals surface area contributed by atoms with E-state index in [9.17, 15) is 47.6 Å². The van der Waals surface area contributed by atoms with Gasteiger partial charge in [-0.1, -0.05) is 11.6 Å². The number of amides is 4. The number of carbonyl (C=O) groups is 4. The molecule has 0 aliphatic carbocycles. The van der Waals surface area contributed by atoms with Gasteiger partial charge < -0.3 is 29.5 Å². The van der Waals surface area contributed by atoms with Crippen LogP contribution >= 0.6 is 11.6 Å². The molecule has 0 spiro atoms. The number of ether oxygens (including phenoxy) is 1. The molecule has 0 radical (unpaired) electrons. The number of piperazine rings is 1. The van der Waals surface area contributed by atoms with Gasteiger partial charge in [-0.3, -0.25) is 29.4 Å². The van der Waals surface area contributed by atoms with Gasteiger partial charge in [0.15, 0.2) is 17.3 Å². The molecular formula is C36H38ClF3N10O8. The van der Waals surface area contributed by atoms with Crippen LogP contribution in [-0.4, -0.2) is 123 Å². The second kappa shape index (κ2) is 16.0. The van der Waals surface area contributed by atoms with Crippen LogP contribution < -0.4 is 5.32 Å². The fourth-order valence-corrected chi connectivity index (χ4v) is 6.83. The molecule has 6 rings (SSSR count). The number of alkyl halides is 3. The fourth-order valence-electron chi connectivity index (χ4n) is 6.56. The molecule has 3 aromatic heterocycles. The second-order valence-electron chi connectivity index (χ2n) is 14.6. The lowest BCUT2D eigenvalue weighted by atomic mass is 9.98. The number of pyridine rings is 1. The van der Waals surface area contributed by atoms with Crippen LogP contribution in [0.2, 0.25) is 5.02 Å². The second-order valence-corrected chi connectivity index (χ2v) is 15.0. The Hall–Kier alpha value is -6.09. The molecule has 2 N–H and O–H groups in total. The maximum absolute atomic E-state index is 14.1. The zero-order valence-corrected chi connectivity index (χ0v) is 32.3. The molecule has 22 heteroatoms. The molecule has 1 aromatic carbocycles. The first-order valence-corrected chi connectivity index (χ1v) is 18.3. The number of nitrogens with zero attached hydrogens (tertiary/aromatic N) is 9. The number of benzene rings is 1. The summed E-state index contributed by atoms with van der Waals surface area (Å²) in [6.45, 7) is 5.95. The van der Waals surface area contributed by atoms with Crippen LogP contribution in [0.4, 0.5) is 29.3 Å². The van der Waals surface area contributed by atoms with Crippen molar-refractivity contribution >= 4 is 46.8 Å². The first-order chi connectivity index (χ1) is 27.2. The Morgan fingerprint density at radius 3 is 2.29 bits per heavy atom. The van der Waals surface area contributed by atoms with Crippen LogP contribution in [0.3, 0.4) is 0 Å². The Morgan fingerprint density at radius 1 is 1.00 bits per heavy atom. The van der Waals surface area contributed by atoms with E-state index in [1.165, 1.54) is 35.0 Å². The Morgan fingerprint density at radius 2 is 1.69 bits per heavy atom. The number of carbonyl (C=O) groups excluding carboxylic acids is 4. The molecule has 18 nitrogen and oxygen atoms in total. The highest BCUT2D eigenvalue weighted by atomic mass is 35.5. The van der Waals surface area contributed by atoms with Crippen LogP contribution in [0.25, 0.3) is 17.1 Å². The minimum absolute atomic E-state index is 0.00637. The lowest BCUT2D eigenvalue weighted by molar-refractivity contribution is -0.385. The van der Waals surface area contributed by atoms with Gasteiger partial charge in [0.05, 0.1) is 39.1 Å². The molecule has 58 heavy (non-hydrogen) atoms. The van der Waals surface area contributed by atoms with Crippen molar-refractivity contribution in [3.05, 3.63) is 81.1 Å². The lowest BCUT2D eigenvalue weighted by Crippen LogP contribution is -2.59. The van der Waals surface area contributed by atoms with Crippen molar-refractivity contribution in [3.63, 3.8) is 0 Å². The third-order valence-electron chi connectivity index (χ3n) is 9.45. The molecule has 2 atom stereocenters. The van der Waals surface area contributed by atoms with Crippen LogP contribution in [0.15, 0.2) is 48.9 Å². The summed E-state index contributed by atoms with van der Waals surface area (Å²) in [6.07, 6.45) is -3.00. The molecular weight excluding hydrogens is 793 g/mol. The van der Waals surface area contributed by atoms with Gasteiger partial charge in [0, 0.05) is 64.1 Å². The Balaban J connectivity index is 1.10. The van der Waals surface area contributed by atoms with Crippen LogP contribution in [0.1, 0.15) is 60.3 Å². The number of halogens is 4. The number of aromatic nitrogens is 5. The van der Waals surface area contributed by atoms with E-state index in [4.69, 9.17) is 16.3 Å². The predicted molar refractivity (Wildman–Crippen MR) is 199 cm³/mol. The number of anilines is 1. The van der Waals surface area contributed by atoms with E-state index >= 15 is 0 Å². The summed E-state index contributed by atoms with van der Waals surface area (Å²) in [7, 11) is 1.33. The number of aliphatic hydroxyl groups is 1. The number of nitrogens with one attached hydrogen (secondary N) is 1. The highest BCUT2D eigenvalue weighted by molar-refractivity contribution is 6.34. The predicted octanol–water partition coefficient (Wildman–Crippen LogP) is 4.55. The largest absolute Gasteiger partial charge is 0.444 e. The normalized spacial score (nSPS) is 17.6. The number of hydrogen-bond donors (Lipinski definition) is 2. The van der Waals surface area contributed by atoms with Crippen molar-refractivity contribution in [2.45, 2.75) is 57.5 Å².